The van der Waals surface area contributed by atoms with Crippen LogP contribution in [0.15, 0.2) is 12.1 Å². The van der Waals surface area contributed by atoms with Crippen LogP contribution >= 0.6 is 23.2 Å². The van der Waals surface area contributed by atoms with Crippen molar-refractivity contribution < 1.29 is 0 Å². The number of halogens is 2. The van der Waals surface area contributed by atoms with Crippen molar-refractivity contribution in [3.8, 4) is 0 Å². The second-order valence-electron chi connectivity index (χ2n) is 5.95. The number of likely N-dealkylation sites (tertiary alicyclic amines) is 1. The quantitative estimate of drug-likeness (QED) is 0.836. The highest BCUT2D eigenvalue weighted by Gasteiger charge is 2.20. The fraction of sp³-hybridized carbons (Fsp3) is 0.625. The molecule has 2 aliphatic heterocycles. The van der Waals surface area contributed by atoms with Crippen molar-refractivity contribution in [3.05, 3.63) is 33.3 Å². The van der Waals surface area contributed by atoms with Gasteiger partial charge in [0.1, 0.15) is 0 Å². The minimum atomic E-state index is 0.756. The molecule has 1 aromatic carbocycles. The summed E-state index contributed by atoms with van der Waals surface area (Å²) in [6.07, 6.45) is 5.19. The molecule has 0 aliphatic carbocycles. The van der Waals surface area contributed by atoms with Gasteiger partial charge in [-0.15, -0.1) is 0 Å². The molecule has 1 saturated heterocycles. The molecule has 0 spiro atoms. The van der Waals surface area contributed by atoms with Crippen molar-refractivity contribution in [1.82, 2.24) is 9.80 Å². The normalized spacial score (nSPS) is 20.9. The summed E-state index contributed by atoms with van der Waals surface area (Å²) < 4.78 is 0. The molecule has 0 aromatic heterocycles. The van der Waals surface area contributed by atoms with E-state index in [4.69, 9.17) is 23.2 Å². The molecule has 0 radical (unpaired) electrons. The number of rotatable bonds is 3. The summed E-state index contributed by atoms with van der Waals surface area (Å²) in [6, 6.07) is 3.95. The Balaban J connectivity index is 1.58. The van der Waals surface area contributed by atoms with Gasteiger partial charge < -0.3 is 4.90 Å². The lowest BCUT2D eigenvalue weighted by Gasteiger charge is -2.33. The summed E-state index contributed by atoms with van der Waals surface area (Å²) in [7, 11) is 0. The van der Waals surface area contributed by atoms with Crippen molar-refractivity contribution in [2.45, 2.75) is 32.2 Å². The number of hydrogen-bond donors (Lipinski definition) is 0. The predicted molar refractivity (Wildman–Crippen MR) is 85.7 cm³/mol. The molecule has 1 fully saturated rings. The first kappa shape index (κ1) is 14.6. The minimum Gasteiger partial charge on any atom is -0.302 e. The Morgan fingerprint density at radius 3 is 2.45 bits per heavy atom. The lowest BCUT2D eigenvalue weighted by atomic mass is 9.99. The molecule has 0 bridgehead atoms. The van der Waals surface area contributed by atoms with Crippen LogP contribution in [0.5, 0.6) is 0 Å². The van der Waals surface area contributed by atoms with E-state index in [-0.39, 0.29) is 0 Å². The topological polar surface area (TPSA) is 6.48 Å². The zero-order valence-corrected chi connectivity index (χ0v) is 13.4. The van der Waals surface area contributed by atoms with Gasteiger partial charge in [-0.1, -0.05) is 29.6 Å². The second kappa shape index (κ2) is 6.65. The maximum atomic E-state index is 6.28. The lowest BCUT2D eigenvalue weighted by molar-refractivity contribution is 0.173. The Morgan fingerprint density at radius 2 is 1.65 bits per heavy atom. The molecule has 0 saturated carbocycles. The Bertz CT molecular complexity index is 470. The van der Waals surface area contributed by atoms with Crippen LogP contribution in [0.2, 0.25) is 10.0 Å². The summed E-state index contributed by atoms with van der Waals surface area (Å²) >= 11 is 12.4. The van der Waals surface area contributed by atoms with Gasteiger partial charge in [-0.3, -0.25) is 4.90 Å². The van der Waals surface area contributed by atoms with E-state index in [1.807, 2.05) is 6.07 Å². The molecule has 0 unspecified atom stereocenters. The zero-order chi connectivity index (χ0) is 13.9. The fourth-order valence-corrected chi connectivity index (χ4v) is 3.95. The van der Waals surface area contributed by atoms with Crippen LogP contribution in [0.25, 0.3) is 0 Å². The summed E-state index contributed by atoms with van der Waals surface area (Å²) in [4.78, 5) is 5.13. The molecule has 1 aromatic rings. The van der Waals surface area contributed by atoms with Gasteiger partial charge in [-0.2, -0.15) is 0 Å². The monoisotopic (exact) mass is 312 g/mol. The van der Waals surface area contributed by atoms with Crippen molar-refractivity contribution in [1.29, 1.82) is 0 Å². The van der Waals surface area contributed by atoms with Crippen molar-refractivity contribution in [2.24, 2.45) is 0 Å². The SMILES string of the molecule is Clc1cc(Cl)c2c(c1)CN(CCN1CCCCC1)CC2. The highest BCUT2D eigenvalue weighted by atomic mass is 35.5. The molecule has 2 heterocycles. The molecule has 3 rings (SSSR count). The van der Waals surface area contributed by atoms with Crippen molar-refractivity contribution in [2.75, 3.05) is 32.7 Å². The standard InChI is InChI=1S/C16H22Cl2N2/c17-14-10-13-12-20(7-4-15(13)16(18)11-14)9-8-19-5-2-1-3-6-19/h10-11H,1-9,12H2. The van der Waals surface area contributed by atoms with Gasteiger partial charge in [-0.05, 0) is 55.6 Å². The predicted octanol–water partition coefficient (Wildman–Crippen LogP) is 3.84. The molecule has 110 valence electrons. The first-order valence-electron chi connectivity index (χ1n) is 7.64. The highest BCUT2D eigenvalue weighted by Crippen LogP contribution is 2.29. The van der Waals surface area contributed by atoms with Gasteiger partial charge in [0.25, 0.3) is 0 Å². The first-order chi connectivity index (χ1) is 9.72. The molecular formula is C16H22Cl2N2. The van der Waals surface area contributed by atoms with Gasteiger partial charge in [-0.25, -0.2) is 0 Å². The third kappa shape index (κ3) is 3.48. The van der Waals surface area contributed by atoms with E-state index in [2.05, 4.69) is 15.9 Å². The summed E-state index contributed by atoms with van der Waals surface area (Å²) in [5.74, 6) is 0. The lowest BCUT2D eigenvalue weighted by Crippen LogP contribution is -2.39. The van der Waals surface area contributed by atoms with E-state index in [0.717, 1.165) is 36.1 Å². The van der Waals surface area contributed by atoms with Crippen LogP contribution in [-0.4, -0.2) is 42.5 Å². The summed E-state index contributed by atoms with van der Waals surface area (Å²) in [5, 5.41) is 1.59. The van der Waals surface area contributed by atoms with Crippen LogP contribution in [-0.2, 0) is 13.0 Å². The van der Waals surface area contributed by atoms with Gasteiger partial charge in [0.15, 0.2) is 0 Å². The molecule has 2 nitrogen and oxygen atoms in total. The third-order valence-electron chi connectivity index (χ3n) is 4.51. The third-order valence-corrected chi connectivity index (χ3v) is 5.06. The van der Waals surface area contributed by atoms with Crippen LogP contribution in [0.4, 0.5) is 0 Å². The Kier molecular flexibility index (Phi) is 4.87. The minimum absolute atomic E-state index is 0.756. The van der Waals surface area contributed by atoms with Gasteiger partial charge in [0, 0.05) is 36.2 Å². The molecule has 20 heavy (non-hydrogen) atoms. The summed E-state index contributed by atoms with van der Waals surface area (Å²) in [5.41, 5.74) is 2.61. The van der Waals surface area contributed by atoms with E-state index >= 15 is 0 Å². The van der Waals surface area contributed by atoms with E-state index in [1.54, 1.807) is 0 Å². The Labute approximate surface area is 131 Å². The number of benzene rings is 1. The van der Waals surface area contributed by atoms with Gasteiger partial charge in [0.05, 0.1) is 0 Å². The smallest absolute Gasteiger partial charge is 0.0456 e. The number of hydrogen-bond acceptors (Lipinski definition) is 2. The van der Waals surface area contributed by atoms with Gasteiger partial charge in [0.2, 0.25) is 0 Å². The molecule has 4 heteroatoms. The number of nitrogens with zero attached hydrogens (tertiary/aromatic N) is 2. The largest absolute Gasteiger partial charge is 0.302 e. The first-order valence-corrected chi connectivity index (χ1v) is 8.39. The maximum Gasteiger partial charge on any atom is 0.0456 e. The fourth-order valence-electron chi connectivity index (χ4n) is 3.32. The maximum absolute atomic E-state index is 6.28. The zero-order valence-electron chi connectivity index (χ0n) is 11.9. The van der Waals surface area contributed by atoms with Gasteiger partial charge >= 0.3 is 0 Å². The Hall–Kier alpha value is -0.280. The highest BCUT2D eigenvalue weighted by molar-refractivity contribution is 6.35. The van der Waals surface area contributed by atoms with Crippen molar-refractivity contribution in [3.63, 3.8) is 0 Å². The molecule has 0 N–H and O–H groups in total. The average molecular weight is 313 g/mol. The molecule has 0 atom stereocenters. The number of piperidine rings is 1. The van der Waals surface area contributed by atoms with Crippen molar-refractivity contribution >= 4 is 23.2 Å². The van der Waals surface area contributed by atoms with Crippen LogP contribution < -0.4 is 0 Å². The van der Waals surface area contributed by atoms with Crippen LogP contribution in [0, 0.1) is 0 Å². The number of fused-ring (bicyclic) bond motifs is 1. The van der Waals surface area contributed by atoms with E-state index in [9.17, 15) is 0 Å². The van der Waals surface area contributed by atoms with E-state index < -0.39 is 0 Å². The van der Waals surface area contributed by atoms with Crippen LogP contribution in [0.1, 0.15) is 30.4 Å². The Morgan fingerprint density at radius 1 is 0.900 bits per heavy atom. The van der Waals surface area contributed by atoms with Crippen LogP contribution in [0.3, 0.4) is 0 Å². The molecule has 0 amide bonds. The molecule has 2 aliphatic rings. The second-order valence-corrected chi connectivity index (χ2v) is 6.80. The average Bonchev–Trinajstić information content (AvgIpc) is 2.45. The van der Waals surface area contributed by atoms with E-state index in [1.165, 1.54) is 50.0 Å². The summed E-state index contributed by atoms with van der Waals surface area (Å²) in [6.45, 7) is 7.02. The van der Waals surface area contributed by atoms with E-state index in [0.29, 0.717) is 0 Å². The molecular weight excluding hydrogens is 291 g/mol.